The number of likely N-dealkylation sites (N-methyl/N-ethyl adjacent to an activating group) is 1. The van der Waals surface area contributed by atoms with E-state index in [1.165, 1.54) is 12.8 Å². The van der Waals surface area contributed by atoms with Gasteiger partial charge in [-0.1, -0.05) is 13.0 Å². The average molecular weight is 492 g/mol. The fourth-order valence-electron chi connectivity index (χ4n) is 2.49. The smallest absolute Gasteiger partial charge is 0.191 e. The van der Waals surface area contributed by atoms with Crippen LogP contribution in [0, 0.1) is 11.7 Å². The zero-order chi connectivity index (χ0) is 18.9. The van der Waals surface area contributed by atoms with E-state index >= 15 is 0 Å². The molecule has 0 spiro atoms. The van der Waals surface area contributed by atoms with Crippen LogP contribution < -0.4 is 15.4 Å². The van der Waals surface area contributed by atoms with Crippen LogP contribution >= 0.6 is 24.0 Å². The van der Waals surface area contributed by atoms with Crippen LogP contribution in [0.2, 0.25) is 0 Å². The van der Waals surface area contributed by atoms with Crippen molar-refractivity contribution in [3.8, 4) is 5.75 Å². The van der Waals surface area contributed by atoms with Crippen LogP contribution in [0.3, 0.4) is 0 Å². The third kappa shape index (κ3) is 8.64. The maximum Gasteiger partial charge on any atom is 0.191 e. The Bertz CT molecular complexity index is 595. The van der Waals surface area contributed by atoms with Crippen molar-refractivity contribution in [3.63, 3.8) is 0 Å². The van der Waals surface area contributed by atoms with Crippen molar-refractivity contribution in [2.45, 2.75) is 39.7 Å². The van der Waals surface area contributed by atoms with E-state index in [2.05, 4.69) is 34.5 Å². The summed E-state index contributed by atoms with van der Waals surface area (Å²) in [5, 5.41) is 6.59. The van der Waals surface area contributed by atoms with E-state index in [1.54, 1.807) is 12.1 Å². The summed E-state index contributed by atoms with van der Waals surface area (Å²) in [4.78, 5) is 6.81. The van der Waals surface area contributed by atoms with Gasteiger partial charge in [-0.05, 0) is 63.9 Å². The summed E-state index contributed by atoms with van der Waals surface area (Å²) in [5.74, 6) is 1.40. The third-order valence-electron chi connectivity index (χ3n) is 4.62. The van der Waals surface area contributed by atoms with Gasteiger partial charge in [0.25, 0.3) is 0 Å². The molecule has 7 heteroatoms. The quantitative estimate of drug-likeness (QED) is 0.297. The second-order valence-electron chi connectivity index (χ2n) is 6.97. The van der Waals surface area contributed by atoms with E-state index in [0.29, 0.717) is 24.8 Å². The molecule has 2 N–H and O–H groups in total. The molecule has 2 rings (SSSR count). The van der Waals surface area contributed by atoms with Gasteiger partial charge in [-0.25, -0.2) is 4.39 Å². The van der Waals surface area contributed by atoms with E-state index < -0.39 is 0 Å². The van der Waals surface area contributed by atoms with Gasteiger partial charge in [0.1, 0.15) is 0 Å². The van der Waals surface area contributed by atoms with Crippen molar-refractivity contribution in [2.75, 3.05) is 39.8 Å². The summed E-state index contributed by atoms with van der Waals surface area (Å²) in [6.07, 6.45) is 2.39. The minimum absolute atomic E-state index is 0. The van der Waals surface area contributed by atoms with Gasteiger partial charge < -0.3 is 20.3 Å². The van der Waals surface area contributed by atoms with E-state index in [1.807, 2.05) is 19.9 Å². The van der Waals surface area contributed by atoms with Gasteiger partial charge in [0.2, 0.25) is 0 Å². The normalized spacial score (nSPS) is 15.3. The molecule has 1 aliphatic carbocycles. The Morgan fingerprint density at radius 3 is 2.70 bits per heavy atom. The molecule has 0 heterocycles. The van der Waals surface area contributed by atoms with E-state index in [0.717, 1.165) is 31.2 Å². The number of guanidine groups is 1. The Balaban J connectivity index is 0.00000364. The lowest BCUT2D eigenvalue weighted by atomic mass is 10.1. The molecule has 1 saturated carbocycles. The molecule has 0 radical (unpaired) electrons. The van der Waals surface area contributed by atoms with Crippen LogP contribution in [0.25, 0.3) is 0 Å². The summed E-state index contributed by atoms with van der Waals surface area (Å²) in [6.45, 7) is 10.2. The summed E-state index contributed by atoms with van der Waals surface area (Å²) >= 11 is 0. The molecule has 1 aliphatic rings. The molecule has 0 saturated heterocycles. The highest BCUT2D eigenvalue weighted by atomic mass is 127. The lowest BCUT2D eigenvalue weighted by Gasteiger charge is -2.19. The van der Waals surface area contributed by atoms with Crippen LogP contribution in [-0.4, -0.2) is 50.7 Å². The molecule has 27 heavy (non-hydrogen) atoms. The molecule has 0 bridgehead atoms. The van der Waals surface area contributed by atoms with Crippen molar-refractivity contribution < 1.29 is 9.13 Å². The number of hydrogen-bond donors (Lipinski definition) is 2. The highest BCUT2D eigenvalue weighted by Crippen LogP contribution is 2.30. The summed E-state index contributed by atoms with van der Waals surface area (Å²) in [6, 6.07) is 5.14. The number of ether oxygens (including phenoxy) is 1. The van der Waals surface area contributed by atoms with E-state index in [-0.39, 0.29) is 35.8 Å². The zero-order valence-corrected chi connectivity index (χ0v) is 19.3. The van der Waals surface area contributed by atoms with E-state index in [4.69, 9.17) is 4.74 Å². The molecular formula is C20H34FIN4O. The maximum atomic E-state index is 14.3. The molecule has 0 aromatic heterocycles. The second-order valence-corrected chi connectivity index (χ2v) is 6.97. The number of benzene rings is 1. The van der Waals surface area contributed by atoms with Crippen LogP contribution in [0.1, 0.15) is 45.2 Å². The number of nitrogens with one attached hydrogen (secondary N) is 2. The molecular weight excluding hydrogens is 458 g/mol. The number of rotatable bonds is 10. The average Bonchev–Trinajstić information content (AvgIpc) is 3.44. The summed E-state index contributed by atoms with van der Waals surface area (Å²) in [7, 11) is 2.08. The van der Waals surface area contributed by atoms with Gasteiger partial charge in [0.15, 0.2) is 17.5 Å². The van der Waals surface area contributed by atoms with Crippen molar-refractivity contribution in [1.29, 1.82) is 0 Å². The topological polar surface area (TPSA) is 48.9 Å². The lowest BCUT2D eigenvalue weighted by Crippen LogP contribution is -2.39. The minimum atomic E-state index is -0.302. The largest absolute Gasteiger partial charge is 0.490 e. The van der Waals surface area contributed by atoms with Gasteiger partial charge in [-0.15, -0.1) is 24.0 Å². The van der Waals surface area contributed by atoms with Gasteiger partial charge in [0, 0.05) is 13.1 Å². The van der Waals surface area contributed by atoms with Crippen molar-refractivity contribution in [3.05, 3.63) is 29.6 Å². The lowest BCUT2D eigenvalue weighted by molar-refractivity contribution is 0.285. The SMILES string of the molecule is CCNC(=NCCN(C)CC)NC(C)c1ccc(OCC2CC2)c(F)c1.I. The number of aliphatic imine (C=N–C) groups is 1. The molecule has 5 nitrogen and oxygen atoms in total. The summed E-state index contributed by atoms with van der Waals surface area (Å²) < 4.78 is 19.9. The van der Waals surface area contributed by atoms with Crippen molar-refractivity contribution in [2.24, 2.45) is 10.9 Å². The monoisotopic (exact) mass is 492 g/mol. The molecule has 1 unspecified atom stereocenters. The van der Waals surface area contributed by atoms with E-state index in [9.17, 15) is 4.39 Å². The summed E-state index contributed by atoms with van der Waals surface area (Å²) in [5.41, 5.74) is 0.873. The maximum absolute atomic E-state index is 14.3. The molecule has 1 aromatic rings. The first-order valence-electron chi connectivity index (χ1n) is 9.69. The van der Waals surface area contributed by atoms with Crippen molar-refractivity contribution in [1.82, 2.24) is 15.5 Å². The highest BCUT2D eigenvalue weighted by molar-refractivity contribution is 14.0. The van der Waals surface area contributed by atoms with Gasteiger partial charge in [-0.3, -0.25) is 4.99 Å². The highest BCUT2D eigenvalue weighted by Gasteiger charge is 2.22. The van der Waals surface area contributed by atoms with Gasteiger partial charge >= 0.3 is 0 Å². The third-order valence-corrected chi connectivity index (χ3v) is 4.62. The Morgan fingerprint density at radius 1 is 1.37 bits per heavy atom. The fraction of sp³-hybridized carbons (Fsp3) is 0.650. The van der Waals surface area contributed by atoms with Crippen LogP contribution in [-0.2, 0) is 0 Å². The Morgan fingerprint density at radius 2 is 2.11 bits per heavy atom. The number of hydrogen-bond acceptors (Lipinski definition) is 3. The Kier molecular flexibility index (Phi) is 11.0. The number of nitrogens with zero attached hydrogens (tertiary/aromatic N) is 2. The zero-order valence-electron chi connectivity index (χ0n) is 16.9. The Hall–Kier alpha value is -1.09. The molecule has 0 aliphatic heterocycles. The predicted octanol–water partition coefficient (Wildman–Crippen LogP) is 3.80. The molecule has 1 atom stereocenters. The first-order valence-corrected chi connectivity index (χ1v) is 9.69. The molecule has 0 amide bonds. The Labute approximate surface area is 180 Å². The van der Waals surface area contributed by atoms with Crippen molar-refractivity contribution >= 4 is 29.9 Å². The van der Waals surface area contributed by atoms with Gasteiger partial charge in [0.05, 0.1) is 19.2 Å². The van der Waals surface area contributed by atoms with Gasteiger partial charge in [-0.2, -0.15) is 0 Å². The standard InChI is InChI=1S/C20H33FN4O.HI/c1-5-22-20(23-11-12-25(4)6-2)24-15(3)17-9-10-19(18(21)13-17)26-14-16-7-8-16;/h9-10,13,15-16H,5-8,11-12,14H2,1-4H3,(H2,22,23,24);1H. The minimum Gasteiger partial charge on any atom is -0.490 e. The first kappa shape index (κ1) is 23.9. The first-order chi connectivity index (χ1) is 12.5. The molecule has 1 fully saturated rings. The van der Waals surface area contributed by atoms with Crippen LogP contribution in [0.4, 0.5) is 4.39 Å². The molecule has 1 aromatic carbocycles. The van der Waals surface area contributed by atoms with Crippen LogP contribution in [0.5, 0.6) is 5.75 Å². The molecule has 154 valence electrons. The van der Waals surface area contributed by atoms with Crippen LogP contribution in [0.15, 0.2) is 23.2 Å². The second kappa shape index (κ2) is 12.4. The number of halogens is 2. The predicted molar refractivity (Wildman–Crippen MR) is 121 cm³/mol. The fourth-order valence-corrected chi connectivity index (χ4v) is 2.49.